The Balaban J connectivity index is 1.56. The first-order chi connectivity index (χ1) is 18.9. The van der Waals surface area contributed by atoms with Crippen LogP contribution in [0.4, 0.5) is 15.8 Å². The smallest absolute Gasteiger partial charge is 0.270 e. The summed E-state index contributed by atoms with van der Waals surface area (Å²) in [6.07, 6.45) is 2.32. The molecule has 5 rings (SSSR count). The first-order valence-electron chi connectivity index (χ1n) is 11.5. The number of carbonyl (C=O) groups excluding carboxylic acids is 2. The fourth-order valence-electron chi connectivity index (χ4n) is 3.87. The van der Waals surface area contributed by atoms with Gasteiger partial charge in [0.1, 0.15) is 5.57 Å². The normalized spacial score (nSPS) is 13.5. The fraction of sp³-hybridized carbons (Fsp3) is 0.0357. The third-order valence-electron chi connectivity index (χ3n) is 5.67. The highest BCUT2D eigenvalue weighted by Crippen LogP contribution is 2.35. The molecule has 0 N–H and O–H groups in total. The predicted octanol–water partition coefficient (Wildman–Crippen LogP) is 5.82. The summed E-state index contributed by atoms with van der Waals surface area (Å²) in [6, 6.07) is 22.3. The number of aromatic nitrogens is 2. The maximum Gasteiger partial charge on any atom is 0.270 e. The molecule has 194 valence electrons. The molecular formula is C28H18ClFN4O4S. The van der Waals surface area contributed by atoms with Crippen LogP contribution < -0.4 is 19.3 Å². The first kappa shape index (κ1) is 26.0. The van der Waals surface area contributed by atoms with Gasteiger partial charge in [0.25, 0.3) is 17.7 Å². The van der Waals surface area contributed by atoms with Crippen LogP contribution in [0.1, 0.15) is 5.56 Å². The van der Waals surface area contributed by atoms with Gasteiger partial charge < -0.3 is 9.47 Å². The number of hydrogen-bond donors (Lipinski definition) is 0. The number of carbonyl (C=O) groups is 2. The topological polar surface area (TPSA) is 84.9 Å². The van der Waals surface area contributed by atoms with Crippen LogP contribution in [-0.4, -0.2) is 34.0 Å². The van der Waals surface area contributed by atoms with Crippen LogP contribution in [0.2, 0.25) is 5.28 Å². The molecule has 2 heterocycles. The second-order valence-electron chi connectivity index (χ2n) is 8.10. The van der Waals surface area contributed by atoms with Crippen LogP contribution in [0.25, 0.3) is 6.08 Å². The van der Waals surface area contributed by atoms with Crippen LogP contribution >= 0.6 is 23.8 Å². The molecule has 11 heteroatoms. The van der Waals surface area contributed by atoms with E-state index >= 15 is 0 Å². The average molecular weight is 561 g/mol. The second kappa shape index (κ2) is 11.0. The molecule has 39 heavy (non-hydrogen) atoms. The SMILES string of the molecule is COc1cc(C=C2C(=O)N(c3ccccc3)C(=S)N(c3ccccc3)C2=O)ccc1Oc1nc(Cl)ncc1F. The van der Waals surface area contributed by atoms with Gasteiger partial charge >= 0.3 is 0 Å². The third kappa shape index (κ3) is 5.20. The van der Waals surface area contributed by atoms with Crippen LogP contribution in [0.15, 0.2) is 90.6 Å². The molecule has 1 aliphatic heterocycles. The Bertz CT molecular complexity index is 1560. The van der Waals surface area contributed by atoms with E-state index < -0.39 is 17.6 Å². The minimum Gasteiger partial charge on any atom is -0.493 e. The van der Waals surface area contributed by atoms with E-state index in [-0.39, 0.29) is 33.3 Å². The van der Waals surface area contributed by atoms with Gasteiger partial charge in [-0.3, -0.25) is 19.4 Å². The number of benzene rings is 3. The molecule has 0 bridgehead atoms. The van der Waals surface area contributed by atoms with Crippen molar-refractivity contribution >= 4 is 58.2 Å². The highest BCUT2D eigenvalue weighted by molar-refractivity contribution is 7.81. The maximum absolute atomic E-state index is 14.1. The van der Waals surface area contributed by atoms with Crippen molar-refractivity contribution in [3.05, 3.63) is 107 Å². The second-order valence-corrected chi connectivity index (χ2v) is 8.80. The molecule has 8 nitrogen and oxygen atoms in total. The maximum atomic E-state index is 14.1. The lowest BCUT2D eigenvalue weighted by atomic mass is 10.0. The molecule has 0 saturated carbocycles. The molecule has 0 radical (unpaired) electrons. The van der Waals surface area contributed by atoms with Gasteiger partial charge in [0.15, 0.2) is 16.6 Å². The van der Waals surface area contributed by atoms with Crippen LogP contribution in [0.5, 0.6) is 17.4 Å². The number of nitrogens with zero attached hydrogens (tertiary/aromatic N) is 4. The number of para-hydroxylation sites is 2. The number of methoxy groups -OCH3 is 1. The van der Waals surface area contributed by atoms with Gasteiger partial charge in [-0.2, -0.15) is 9.37 Å². The van der Waals surface area contributed by atoms with Crippen molar-refractivity contribution < 1.29 is 23.5 Å². The van der Waals surface area contributed by atoms with Gasteiger partial charge in [-0.1, -0.05) is 42.5 Å². The number of hydrogen-bond acceptors (Lipinski definition) is 7. The zero-order valence-electron chi connectivity index (χ0n) is 20.2. The molecule has 4 aromatic rings. The van der Waals surface area contributed by atoms with Gasteiger partial charge in [0.05, 0.1) is 24.7 Å². The summed E-state index contributed by atoms with van der Waals surface area (Å²) in [4.78, 5) is 37.2. The number of rotatable bonds is 6. The largest absolute Gasteiger partial charge is 0.493 e. The number of ether oxygens (including phenoxy) is 2. The lowest BCUT2D eigenvalue weighted by Crippen LogP contribution is -2.56. The highest BCUT2D eigenvalue weighted by Gasteiger charge is 2.41. The van der Waals surface area contributed by atoms with E-state index in [0.717, 1.165) is 6.20 Å². The number of amides is 2. The number of halogens is 2. The van der Waals surface area contributed by atoms with Gasteiger partial charge in [0.2, 0.25) is 11.1 Å². The minimum absolute atomic E-state index is 0.0337. The molecule has 3 aromatic carbocycles. The molecule has 0 spiro atoms. The average Bonchev–Trinajstić information content (AvgIpc) is 2.95. The first-order valence-corrected chi connectivity index (χ1v) is 12.2. The monoisotopic (exact) mass is 560 g/mol. The molecule has 1 aliphatic rings. The summed E-state index contributed by atoms with van der Waals surface area (Å²) < 4.78 is 25.0. The predicted molar refractivity (Wildman–Crippen MR) is 148 cm³/mol. The highest BCUT2D eigenvalue weighted by atomic mass is 35.5. The van der Waals surface area contributed by atoms with E-state index in [1.165, 1.54) is 35.1 Å². The zero-order chi connectivity index (χ0) is 27.5. The van der Waals surface area contributed by atoms with Crippen LogP contribution in [0, 0.1) is 5.82 Å². The molecule has 0 aliphatic carbocycles. The number of anilines is 2. The fourth-order valence-corrected chi connectivity index (χ4v) is 4.37. The van der Waals surface area contributed by atoms with E-state index in [0.29, 0.717) is 16.9 Å². The van der Waals surface area contributed by atoms with Crippen LogP contribution in [0.3, 0.4) is 0 Å². The van der Waals surface area contributed by atoms with Gasteiger partial charge in [0, 0.05) is 0 Å². The molecule has 1 saturated heterocycles. The van der Waals surface area contributed by atoms with E-state index in [1.54, 1.807) is 54.6 Å². The quantitative estimate of drug-likeness (QED) is 0.127. The lowest BCUT2D eigenvalue weighted by molar-refractivity contribution is -0.120. The summed E-state index contributed by atoms with van der Waals surface area (Å²) in [5.41, 5.74) is 1.35. The standard InChI is InChI=1S/C28H18ClFN4O4S/c1-37-23-15-17(12-13-22(23)38-24-21(30)16-31-27(29)32-24)14-20-25(35)33(18-8-4-2-5-9-18)28(39)34(26(20)36)19-10-6-3-7-11-19/h2-16H,1H3. The van der Waals surface area contributed by atoms with Crippen molar-refractivity contribution in [2.75, 3.05) is 16.9 Å². The molecule has 0 unspecified atom stereocenters. The Hall–Kier alpha value is -4.67. The zero-order valence-corrected chi connectivity index (χ0v) is 21.8. The van der Waals surface area contributed by atoms with E-state index in [1.807, 2.05) is 12.1 Å². The Morgan fingerprint density at radius 3 is 2.05 bits per heavy atom. The molecular weight excluding hydrogens is 543 g/mol. The van der Waals surface area contributed by atoms with Crippen molar-refractivity contribution in [3.63, 3.8) is 0 Å². The van der Waals surface area contributed by atoms with Crippen molar-refractivity contribution in [2.45, 2.75) is 0 Å². The molecule has 1 aromatic heterocycles. The Labute approximate surface area is 232 Å². The minimum atomic E-state index is -0.816. The van der Waals surface area contributed by atoms with Crippen molar-refractivity contribution in [1.29, 1.82) is 0 Å². The Kier molecular flexibility index (Phi) is 7.31. The van der Waals surface area contributed by atoms with Crippen molar-refractivity contribution in [3.8, 4) is 17.4 Å². The summed E-state index contributed by atoms with van der Waals surface area (Å²) in [7, 11) is 1.39. The van der Waals surface area contributed by atoms with Gasteiger partial charge in [-0.25, -0.2) is 4.98 Å². The third-order valence-corrected chi connectivity index (χ3v) is 6.21. The summed E-state index contributed by atoms with van der Waals surface area (Å²) in [5, 5.41) is -0.156. The van der Waals surface area contributed by atoms with Gasteiger partial charge in [-0.15, -0.1) is 0 Å². The summed E-state index contributed by atoms with van der Waals surface area (Å²) in [5.74, 6) is -2.04. The Morgan fingerprint density at radius 2 is 1.49 bits per heavy atom. The van der Waals surface area contributed by atoms with Crippen molar-refractivity contribution in [2.24, 2.45) is 0 Å². The van der Waals surface area contributed by atoms with Gasteiger partial charge in [-0.05, 0) is 71.9 Å². The summed E-state index contributed by atoms with van der Waals surface area (Å²) >= 11 is 11.4. The number of thiocarbonyl (C=S) groups is 1. The Morgan fingerprint density at radius 1 is 0.897 bits per heavy atom. The van der Waals surface area contributed by atoms with E-state index in [4.69, 9.17) is 33.3 Å². The molecule has 0 atom stereocenters. The molecule has 1 fully saturated rings. The van der Waals surface area contributed by atoms with E-state index in [2.05, 4.69) is 9.97 Å². The van der Waals surface area contributed by atoms with E-state index in [9.17, 15) is 14.0 Å². The van der Waals surface area contributed by atoms with Crippen LogP contribution in [-0.2, 0) is 9.59 Å². The summed E-state index contributed by atoms with van der Waals surface area (Å²) in [6.45, 7) is 0. The van der Waals surface area contributed by atoms with Crippen molar-refractivity contribution in [1.82, 2.24) is 9.97 Å². The lowest BCUT2D eigenvalue weighted by Gasteiger charge is -2.36. The molecule has 2 amide bonds.